The van der Waals surface area contributed by atoms with Crippen LogP contribution in [-0.4, -0.2) is 34.4 Å². The van der Waals surface area contributed by atoms with Gasteiger partial charge in [0.25, 0.3) is 5.91 Å². The maximum Gasteiger partial charge on any atom is 0.350 e. The Kier molecular flexibility index (Phi) is 7.14. The quantitative estimate of drug-likeness (QED) is 0.336. The summed E-state index contributed by atoms with van der Waals surface area (Å²) in [5, 5.41) is 11.4. The van der Waals surface area contributed by atoms with Crippen LogP contribution in [0.25, 0.3) is 6.08 Å². The number of nitrogens with zero attached hydrogens (tertiary/aromatic N) is 2. The van der Waals surface area contributed by atoms with Crippen LogP contribution in [0.2, 0.25) is 5.02 Å². The predicted octanol–water partition coefficient (Wildman–Crippen LogP) is 5.46. The molecule has 1 aromatic heterocycles. The van der Waals surface area contributed by atoms with E-state index < -0.39 is 29.5 Å². The lowest BCUT2D eigenvalue weighted by Gasteiger charge is -2.24. The average molecular weight is 509 g/mol. The Morgan fingerprint density at radius 2 is 1.86 bits per heavy atom. The molecule has 1 N–H and O–H groups in total. The molecule has 0 spiro atoms. The van der Waals surface area contributed by atoms with E-state index in [2.05, 4.69) is 4.98 Å². The zero-order valence-electron chi connectivity index (χ0n) is 18.9. The van der Waals surface area contributed by atoms with E-state index in [0.29, 0.717) is 16.3 Å². The summed E-state index contributed by atoms with van der Waals surface area (Å²) in [6.07, 6.45) is 2.93. The number of hydrogen-bond donors (Lipinski definition) is 1. The van der Waals surface area contributed by atoms with Gasteiger partial charge in [-0.05, 0) is 43.2 Å². The molecule has 0 fully saturated rings. The second kappa shape index (κ2) is 10.2. The van der Waals surface area contributed by atoms with E-state index in [-0.39, 0.29) is 22.2 Å². The molecule has 9 heteroatoms. The van der Waals surface area contributed by atoms with Gasteiger partial charge in [-0.2, -0.15) is 0 Å². The van der Waals surface area contributed by atoms with Gasteiger partial charge >= 0.3 is 5.97 Å². The Morgan fingerprint density at radius 3 is 2.51 bits per heavy atom. The zero-order chi connectivity index (χ0) is 25.1. The number of amides is 1. The number of ether oxygens (including phenoxy) is 1. The standard InChI is InChI=1S/C26H21ClN2O5S/c1-3-34-25(33)23-15(2)28-26(35-23)29-21(17-10-12-18(27)13-11-17)20(22(31)24(29)32)19(30)14-9-16-7-5-4-6-8-16/h4-14,21,31H,3H2,1-2H3. The minimum absolute atomic E-state index is 0.0879. The van der Waals surface area contributed by atoms with Crippen LogP contribution in [0.4, 0.5) is 5.13 Å². The normalized spacial score (nSPS) is 15.8. The Morgan fingerprint density at radius 1 is 1.17 bits per heavy atom. The van der Waals surface area contributed by atoms with Crippen LogP contribution >= 0.6 is 22.9 Å². The summed E-state index contributed by atoms with van der Waals surface area (Å²) in [4.78, 5) is 44.7. The molecule has 0 saturated heterocycles. The van der Waals surface area contributed by atoms with Crippen LogP contribution in [0.1, 0.15) is 39.5 Å². The highest BCUT2D eigenvalue weighted by molar-refractivity contribution is 7.17. The number of aromatic nitrogens is 1. The van der Waals surface area contributed by atoms with Gasteiger partial charge in [0, 0.05) is 5.02 Å². The van der Waals surface area contributed by atoms with E-state index in [1.165, 1.54) is 11.0 Å². The molecule has 1 aliphatic rings. The summed E-state index contributed by atoms with van der Waals surface area (Å²) in [6, 6.07) is 14.8. The second-order valence-corrected chi connectivity index (χ2v) is 9.05. The van der Waals surface area contributed by atoms with Crippen molar-refractivity contribution in [1.82, 2.24) is 4.98 Å². The van der Waals surface area contributed by atoms with Gasteiger partial charge in [-0.25, -0.2) is 9.78 Å². The lowest BCUT2D eigenvalue weighted by molar-refractivity contribution is -0.117. The SMILES string of the molecule is CCOC(=O)c1sc(N2C(=O)C(O)=C(C(=O)C=Cc3ccccc3)C2c2ccc(Cl)cc2)nc1C. The number of ketones is 1. The summed E-state index contributed by atoms with van der Waals surface area (Å²) in [5.41, 5.74) is 1.64. The third-order valence-corrected chi connectivity index (χ3v) is 6.73. The Bertz CT molecular complexity index is 1350. The molecule has 0 saturated carbocycles. The fraction of sp³-hybridized carbons (Fsp3) is 0.154. The number of hydrogen-bond acceptors (Lipinski definition) is 7. The number of benzene rings is 2. The van der Waals surface area contributed by atoms with E-state index >= 15 is 0 Å². The molecule has 0 aliphatic carbocycles. The first kappa shape index (κ1) is 24.4. The summed E-state index contributed by atoms with van der Waals surface area (Å²) in [7, 11) is 0. The van der Waals surface area contributed by atoms with Gasteiger partial charge in [-0.1, -0.05) is 71.5 Å². The number of aliphatic hydroxyl groups excluding tert-OH is 1. The van der Waals surface area contributed by atoms with Crippen molar-refractivity contribution in [3.8, 4) is 0 Å². The third kappa shape index (κ3) is 4.89. The first-order valence-corrected chi connectivity index (χ1v) is 12.0. The minimum Gasteiger partial charge on any atom is -0.503 e. The van der Waals surface area contributed by atoms with Crippen LogP contribution in [0.15, 0.2) is 72.0 Å². The van der Waals surface area contributed by atoms with Crippen molar-refractivity contribution in [3.05, 3.63) is 98.7 Å². The maximum atomic E-state index is 13.3. The summed E-state index contributed by atoms with van der Waals surface area (Å²) in [6.45, 7) is 3.51. The van der Waals surface area contributed by atoms with E-state index in [0.717, 1.165) is 16.9 Å². The van der Waals surface area contributed by atoms with Crippen LogP contribution in [0, 0.1) is 6.92 Å². The first-order chi connectivity index (χ1) is 16.8. The third-order valence-electron chi connectivity index (χ3n) is 5.34. The van der Waals surface area contributed by atoms with Gasteiger partial charge in [0.15, 0.2) is 16.7 Å². The number of aryl methyl sites for hydroxylation is 1. The fourth-order valence-corrected chi connectivity index (χ4v) is 4.83. The molecule has 4 rings (SSSR count). The van der Waals surface area contributed by atoms with Crippen LogP contribution in [0.3, 0.4) is 0 Å². The number of carbonyl (C=O) groups is 3. The molecule has 1 aliphatic heterocycles. The highest BCUT2D eigenvalue weighted by Gasteiger charge is 2.45. The number of allylic oxidation sites excluding steroid dienone is 1. The molecule has 0 radical (unpaired) electrons. The number of halogens is 1. The van der Waals surface area contributed by atoms with E-state index in [1.54, 1.807) is 44.2 Å². The molecule has 2 aromatic carbocycles. The molecule has 35 heavy (non-hydrogen) atoms. The van der Waals surface area contributed by atoms with Crippen molar-refractivity contribution in [1.29, 1.82) is 0 Å². The first-order valence-electron chi connectivity index (χ1n) is 10.8. The molecule has 1 unspecified atom stereocenters. The number of aliphatic hydroxyl groups is 1. The van der Waals surface area contributed by atoms with E-state index in [1.807, 2.05) is 30.3 Å². The Balaban J connectivity index is 1.78. The van der Waals surface area contributed by atoms with Gasteiger partial charge in [0.05, 0.1) is 23.9 Å². The summed E-state index contributed by atoms with van der Waals surface area (Å²) >= 11 is 7.01. The average Bonchev–Trinajstić information content (AvgIpc) is 3.36. The van der Waals surface area contributed by atoms with E-state index in [4.69, 9.17) is 16.3 Å². The highest BCUT2D eigenvalue weighted by atomic mass is 35.5. The van der Waals surface area contributed by atoms with Crippen molar-refractivity contribution in [2.45, 2.75) is 19.9 Å². The van der Waals surface area contributed by atoms with Gasteiger partial charge in [0.2, 0.25) is 0 Å². The predicted molar refractivity (Wildman–Crippen MR) is 135 cm³/mol. The van der Waals surface area contributed by atoms with Crippen molar-refractivity contribution < 1.29 is 24.2 Å². The molecular weight excluding hydrogens is 488 g/mol. The molecule has 3 aromatic rings. The fourth-order valence-electron chi connectivity index (χ4n) is 3.71. The molecule has 178 valence electrons. The summed E-state index contributed by atoms with van der Waals surface area (Å²) in [5.74, 6) is -2.53. The maximum absolute atomic E-state index is 13.3. The van der Waals surface area contributed by atoms with Crippen molar-refractivity contribution in [3.63, 3.8) is 0 Å². The van der Waals surface area contributed by atoms with Gasteiger partial charge in [0.1, 0.15) is 4.88 Å². The molecular formula is C26H21ClN2O5S. The van der Waals surface area contributed by atoms with Gasteiger partial charge in [-0.15, -0.1) is 0 Å². The molecule has 1 atom stereocenters. The number of anilines is 1. The second-order valence-electron chi connectivity index (χ2n) is 7.63. The monoisotopic (exact) mass is 508 g/mol. The van der Waals surface area contributed by atoms with Crippen LogP contribution in [-0.2, 0) is 14.3 Å². The number of carbonyl (C=O) groups excluding carboxylic acids is 3. The molecule has 1 amide bonds. The smallest absolute Gasteiger partial charge is 0.350 e. The molecule has 2 heterocycles. The Hall–Kier alpha value is -3.75. The highest BCUT2D eigenvalue weighted by Crippen LogP contribution is 2.43. The lowest BCUT2D eigenvalue weighted by atomic mass is 9.96. The number of thiazole rings is 1. The van der Waals surface area contributed by atoms with E-state index in [9.17, 15) is 19.5 Å². The zero-order valence-corrected chi connectivity index (χ0v) is 20.5. The summed E-state index contributed by atoms with van der Waals surface area (Å²) < 4.78 is 5.08. The van der Waals surface area contributed by atoms with Gasteiger partial charge < -0.3 is 9.84 Å². The largest absolute Gasteiger partial charge is 0.503 e. The lowest BCUT2D eigenvalue weighted by Crippen LogP contribution is -2.30. The molecule has 7 nitrogen and oxygen atoms in total. The minimum atomic E-state index is -0.965. The number of rotatable bonds is 7. The van der Waals surface area contributed by atoms with Crippen molar-refractivity contribution >= 4 is 51.8 Å². The topological polar surface area (TPSA) is 96.8 Å². The molecule has 0 bridgehead atoms. The Labute approximate surface area is 210 Å². The van der Waals surface area contributed by atoms with Crippen molar-refractivity contribution in [2.24, 2.45) is 0 Å². The van der Waals surface area contributed by atoms with Crippen LogP contribution in [0.5, 0.6) is 0 Å². The number of esters is 1. The van der Waals surface area contributed by atoms with Crippen LogP contribution < -0.4 is 4.90 Å². The van der Waals surface area contributed by atoms with Crippen molar-refractivity contribution in [2.75, 3.05) is 11.5 Å². The van der Waals surface area contributed by atoms with Gasteiger partial charge in [-0.3, -0.25) is 14.5 Å².